The lowest BCUT2D eigenvalue weighted by Crippen LogP contribution is -2.08. The number of halogens is 1. The van der Waals surface area contributed by atoms with Crippen molar-refractivity contribution < 1.29 is 9.90 Å². The van der Waals surface area contributed by atoms with Crippen LogP contribution >= 0.6 is 15.9 Å². The fourth-order valence-corrected chi connectivity index (χ4v) is 2.31. The van der Waals surface area contributed by atoms with Crippen LogP contribution in [0.2, 0.25) is 0 Å². The summed E-state index contributed by atoms with van der Waals surface area (Å²) >= 11 is 3.21. The van der Waals surface area contributed by atoms with Gasteiger partial charge in [0.05, 0.1) is 0 Å². The van der Waals surface area contributed by atoms with Crippen LogP contribution in [0.4, 0.5) is 0 Å². The molecule has 0 spiro atoms. The van der Waals surface area contributed by atoms with Gasteiger partial charge >= 0.3 is 5.97 Å². The number of aromatic nitrogens is 2. The zero-order valence-corrected chi connectivity index (χ0v) is 9.70. The predicted molar refractivity (Wildman–Crippen MR) is 57.9 cm³/mol. The van der Waals surface area contributed by atoms with Crippen molar-refractivity contribution in [2.45, 2.75) is 31.6 Å². The molecule has 1 fully saturated rings. The normalized spacial score (nSPS) is 16.9. The Bertz CT molecular complexity index is 389. The molecule has 1 N–H and O–H groups in total. The topological polar surface area (TPSA) is 63.1 Å². The van der Waals surface area contributed by atoms with E-state index in [0.717, 1.165) is 12.8 Å². The van der Waals surface area contributed by atoms with E-state index in [1.807, 2.05) is 0 Å². The van der Waals surface area contributed by atoms with Crippen LogP contribution in [-0.4, -0.2) is 21.0 Å². The minimum atomic E-state index is -1.00. The average molecular weight is 271 g/mol. The average Bonchev–Trinajstić information content (AvgIpc) is 2.69. The third-order valence-corrected chi connectivity index (χ3v) is 3.06. The largest absolute Gasteiger partial charge is 0.477 e. The van der Waals surface area contributed by atoms with Gasteiger partial charge in [-0.1, -0.05) is 12.8 Å². The van der Waals surface area contributed by atoms with E-state index in [1.165, 1.54) is 18.9 Å². The summed E-state index contributed by atoms with van der Waals surface area (Å²) in [7, 11) is 0. The summed E-state index contributed by atoms with van der Waals surface area (Å²) in [6, 6.07) is 1.43. The maximum Gasteiger partial charge on any atom is 0.354 e. The quantitative estimate of drug-likeness (QED) is 0.840. The number of carboxylic acid groups (broad SMARTS) is 1. The van der Waals surface area contributed by atoms with Gasteiger partial charge in [0.1, 0.15) is 10.4 Å². The molecule has 1 aromatic rings. The standard InChI is InChI=1S/C10H11BrN2O2/c11-8-5-7(10(14)15)12-9(13-8)6-3-1-2-4-6/h5-6H,1-4H2,(H,14,15). The molecule has 0 aliphatic heterocycles. The summed E-state index contributed by atoms with van der Waals surface area (Å²) in [6.45, 7) is 0. The fraction of sp³-hybridized carbons (Fsp3) is 0.500. The lowest BCUT2D eigenvalue weighted by atomic mass is 10.1. The molecule has 5 heteroatoms. The van der Waals surface area contributed by atoms with Crippen molar-refractivity contribution in [3.05, 3.63) is 22.2 Å². The summed E-state index contributed by atoms with van der Waals surface area (Å²) < 4.78 is 0.553. The second-order valence-corrected chi connectivity index (χ2v) is 4.53. The van der Waals surface area contributed by atoms with Gasteiger partial charge in [0.15, 0.2) is 5.69 Å². The number of carbonyl (C=O) groups is 1. The Kier molecular flexibility index (Phi) is 3.00. The van der Waals surface area contributed by atoms with Crippen LogP contribution in [0, 0.1) is 0 Å². The van der Waals surface area contributed by atoms with Gasteiger partial charge in [0, 0.05) is 12.0 Å². The molecule has 4 nitrogen and oxygen atoms in total. The molecule has 80 valence electrons. The number of hydrogen-bond donors (Lipinski definition) is 1. The molecule has 2 rings (SSSR count). The van der Waals surface area contributed by atoms with Gasteiger partial charge in [-0.3, -0.25) is 0 Å². The minimum Gasteiger partial charge on any atom is -0.477 e. The van der Waals surface area contributed by atoms with E-state index >= 15 is 0 Å². The molecule has 0 amide bonds. The van der Waals surface area contributed by atoms with Crippen molar-refractivity contribution in [3.63, 3.8) is 0 Å². The van der Waals surface area contributed by atoms with Crippen molar-refractivity contribution in [1.82, 2.24) is 9.97 Å². The van der Waals surface area contributed by atoms with E-state index < -0.39 is 5.97 Å². The van der Waals surface area contributed by atoms with Crippen molar-refractivity contribution in [2.75, 3.05) is 0 Å². The van der Waals surface area contributed by atoms with E-state index in [4.69, 9.17) is 5.11 Å². The van der Waals surface area contributed by atoms with Crippen LogP contribution in [0.1, 0.15) is 47.9 Å². The Morgan fingerprint density at radius 2 is 2.07 bits per heavy atom. The second kappa shape index (κ2) is 4.26. The van der Waals surface area contributed by atoms with Crippen LogP contribution < -0.4 is 0 Å². The summed E-state index contributed by atoms with van der Waals surface area (Å²) in [5.41, 5.74) is 0.0683. The van der Waals surface area contributed by atoms with Gasteiger partial charge in [-0.15, -0.1) is 0 Å². The molecule has 1 aromatic heterocycles. The number of hydrogen-bond acceptors (Lipinski definition) is 3. The first-order valence-corrected chi connectivity index (χ1v) is 5.74. The van der Waals surface area contributed by atoms with E-state index in [9.17, 15) is 4.79 Å². The first kappa shape index (κ1) is 10.5. The van der Waals surface area contributed by atoms with Crippen molar-refractivity contribution >= 4 is 21.9 Å². The van der Waals surface area contributed by atoms with Gasteiger partial charge in [0.2, 0.25) is 0 Å². The van der Waals surface area contributed by atoms with Gasteiger partial charge in [-0.05, 0) is 28.8 Å². The monoisotopic (exact) mass is 270 g/mol. The summed E-state index contributed by atoms with van der Waals surface area (Å²) in [4.78, 5) is 19.1. The highest BCUT2D eigenvalue weighted by atomic mass is 79.9. The van der Waals surface area contributed by atoms with Crippen LogP contribution in [0.3, 0.4) is 0 Å². The molecular formula is C10H11BrN2O2. The summed E-state index contributed by atoms with van der Waals surface area (Å²) in [6.07, 6.45) is 4.50. The maximum absolute atomic E-state index is 10.8. The molecular weight excluding hydrogens is 260 g/mol. The molecule has 0 unspecified atom stereocenters. The first-order chi connectivity index (χ1) is 7.16. The summed E-state index contributed by atoms with van der Waals surface area (Å²) in [5, 5.41) is 8.87. The highest BCUT2D eigenvalue weighted by molar-refractivity contribution is 9.10. The molecule has 0 radical (unpaired) electrons. The van der Waals surface area contributed by atoms with Gasteiger partial charge in [-0.2, -0.15) is 0 Å². The maximum atomic E-state index is 10.8. The molecule has 0 aromatic carbocycles. The summed E-state index contributed by atoms with van der Waals surface area (Å²) in [5.74, 6) is -0.00257. The zero-order valence-electron chi connectivity index (χ0n) is 8.11. The molecule has 15 heavy (non-hydrogen) atoms. The van der Waals surface area contributed by atoms with Crippen LogP contribution in [0.25, 0.3) is 0 Å². The van der Waals surface area contributed by atoms with Gasteiger partial charge < -0.3 is 5.11 Å². The number of nitrogens with zero attached hydrogens (tertiary/aromatic N) is 2. The van der Waals surface area contributed by atoms with E-state index in [0.29, 0.717) is 16.3 Å². The van der Waals surface area contributed by atoms with Crippen molar-refractivity contribution in [2.24, 2.45) is 0 Å². The number of carboxylic acids is 1. The van der Waals surface area contributed by atoms with Crippen molar-refractivity contribution in [1.29, 1.82) is 0 Å². The molecule has 0 bridgehead atoms. The Labute approximate surface area is 95.9 Å². The zero-order chi connectivity index (χ0) is 10.8. The van der Waals surface area contributed by atoms with Gasteiger partial charge in [-0.25, -0.2) is 14.8 Å². The molecule has 1 saturated carbocycles. The molecule has 0 saturated heterocycles. The number of aromatic carboxylic acids is 1. The van der Waals surface area contributed by atoms with Crippen molar-refractivity contribution in [3.8, 4) is 0 Å². The highest BCUT2D eigenvalue weighted by Crippen LogP contribution is 2.32. The Morgan fingerprint density at radius 3 is 2.67 bits per heavy atom. The Hall–Kier alpha value is -0.970. The van der Waals surface area contributed by atoms with E-state index in [1.54, 1.807) is 0 Å². The van der Waals surface area contributed by atoms with Crippen LogP contribution in [0.15, 0.2) is 10.7 Å². The lowest BCUT2D eigenvalue weighted by Gasteiger charge is -2.08. The molecule has 1 aliphatic rings. The van der Waals surface area contributed by atoms with Gasteiger partial charge in [0.25, 0.3) is 0 Å². The first-order valence-electron chi connectivity index (χ1n) is 4.94. The Balaban J connectivity index is 2.34. The molecule has 1 aliphatic carbocycles. The van der Waals surface area contributed by atoms with Crippen LogP contribution in [0.5, 0.6) is 0 Å². The fourth-order valence-electron chi connectivity index (χ4n) is 1.91. The lowest BCUT2D eigenvalue weighted by molar-refractivity contribution is 0.0689. The minimum absolute atomic E-state index is 0.0683. The SMILES string of the molecule is O=C(O)c1cc(Br)nc(C2CCCC2)n1. The van der Waals surface area contributed by atoms with E-state index in [2.05, 4.69) is 25.9 Å². The smallest absolute Gasteiger partial charge is 0.354 e. The third-order valence-electron chi connectivity index (χ3n) is 2.65. The third kappa shape index (κ3) is 2.34. The second-order valence-electron chi connectivity index (χ2n) is 3.72. The predicted octanol–water partition coefficient (Wildman–Crippen LogP) is 2.59. The highest BCUT2D eigenvalue weighted by Gasteiger charge is 2.21. The Morgan fingerprint density at radius 1 is 1.40 bits per heavy atom. The molecule has 0 atom stereocenters. The number of rotatable bonds is 2. The van der Waals surface area contributed by atoms with E-state index in [-0.39, 0.29) is 5.69 Å². The van der Waals surface area contributed by atoms with Crippen LogP contribution in [-0.2, 0) is 0 Å². The molecule has 1 heterocycles.